The Hall–Kier alpha value is -4.28. The Morgan fingerprint density at radius 2 is 2.03 bits per heavy atom. The Morgan fingerprint density at radius 3 is 2.72 bits per heavy atom. The first-order valence-corrected chi connectivity index (χ1v) is 9.29. The van der Waals surface area contributed by atoms with E-state index in [1.807, 2.05) is 0 Å². The van der Waals surface area contributed by atoms with Gasteiger partial charge in [-0.15, -0.1) is 6.58 Å². The molecule has 0 aliphatic rings. The number of carbonyl (C=O) groups is 1. The third-order valence-electron chi connectivity index (χ3n) is 4.74. The lowest BCUT2D eigenvalue weighted by Gasteiger charge is -2.12. The van der Waals surface area contributed by atoms with Crippen LogP contribution in [0, 0.1) is 11.6 Å². The molecule has 4 rings (SSSR count). The summed E-state index contributed by atoms with van der Waals surface area (Å²) in [5.41, 5.74) is -1.95. The highest BCUT2D eigenvalue weighted by Crippen LogP contribution is 2.19. The van der Waals surface area contributed by atoms with Gasteiger partial charge in [0, 0.05) is 12.6 Å². The molecular weight excluding hydrogens is 426 g/mol. The fraction of sp³-hybridized carbons (Fsp3) is 0.143. The zero-order chi connectivity index (χ0) is 23.0. The van der Waals surface area contributed by atoms with Crippen LogP contribution in [0.5, 0.6) is 0 Å². The zero-order valence-electron chi connectivity index (χ0n) is 16.7. The Kier molecular flexibility index (Phi) is 5.31. The number of aromatic nitrogens is 4. The summed E-state index contributed by atoms with van der Waals surface area (Å²) in [7, 11) is 1.21. The van der Waals surface area contributed by atoms with E-state index in [0.29, 0.717) is 11.8 Å². The summed E-state index contributed by atoms with van der Waals surface area (Å²) in [4.78, 5) is 41.8. The number of esters is 1. The van der Waals surface area contributed by atoms with Crippen LogP contribution in [0.25, 0.3) is 16.9 Å². The fourth-order valence-corrected chi connectivity index (χ4v) is 3.31. The number of fused-ring (bicyclic) bond motifs is 1. The van der Waals surface area contributed by atoms with Crippen molar-refractivity contribution < 1.29 is 22.7 Å². The number of halogens is 2. The van der Waals surface area contributed by atoms with Crippen LogP contribution in [-0.2, 0) is 17.8 Å². The number of rotatable bonds is 6. The molecule has 0 aliphatic carbocycles. The molecule has 0 atom stereocenters. The fourth-order valence-electron chi connectivity index (χ4n) is 3.31. The van der Waals surface area contributed by atoms with E-state index >= 15 is 0 Å². The van der Waals surface area contributed by atoms with Crippen molar-refractivity contribution in [1.82, 2.24) is 18.7 Å². The third-order valence-corrected chi connectivity index (χ3v) is 4.74. The minimum Gasteiger partial charge on any atom is -0.463 e. The first kappa shape index (κ1) is 21.0. The Balaban J connectivity index is 1.94. The topological polar surface area (TPSA) is 101 Å². The minimum atomic E-state index is -1.000. The first-order chi connectivity index (χ1) is 15.3. The van der Waals surface area contributed by atoms with E-state index in [0.717, 1.165) is 21.3 Å². The van der Waals surface area contributed by atoms with Gasteiger partial charge in [0.1, 0.15) is 17.4 Å². The van der Waals surface area contributed by atoms with E-state index < -0.39 is 28.9 Å². The average molecular weight is 442 g/mol. The lowest BCUT2D eigenvalue weighted by atomic mass is 10.3. The summed E-state index contributed by atoms with van der Waals surface area (Å²) in [5, 5.41) is 0. The molecule has 0 bridgehead atoms. The van der Waals surface area contributed by atoms with Gasteiger partial charge in [0.2, 0.25) is 5.76 Å². The lowest BCUT2D eigenvalue weighted by Crippen LogP contribution is -2.40. The van der Waals surface area contributed by atoms with Crippen molar-refractivity contribution in [2.45, 2.75) is 13.1 Å². The molecule has 11 heteroatoms. The molecule has 32 heavy (non-hydrogen) atoms. The predicted octanol–water partition coefficient (Wildman–Crippen LogP) is 2.24. The second-order valence-corrected chi connectivity index (χ2v) is 6.72. The largest absolute Gasteiger partial charge is 0.463 e. The van der Waals surface area contributed by atoms with Crippen LogP contribution in [0.4, 0.5) is 8.78 Å². The van der Waals surface area contributed by atoms with Gasteiger partial charge >= 0.3 is 11.7 Å². The van der Waals surface area contributed by atoms with Crippen molar-refractivity contribution in [3.63, 3.8) is 0 Å². The van der Waals surface area contributed by atoms with Crippen LogP contribution in [0.1, 0.15) is 16.3 Å². The Morgan fingerprint density at radius 1 is 1.25 bits per heavy atom. The molecule has 0 spiro atoms. The van der Waals surface area contributed by atoms with Gasteiger partial charge in [0.25, 0.3) is 5.56 Å². The van der Waals surface area contributed by atoms with E-state index in [9.17, 15) is 23.2 Å². The maximum absolute atomic E-state index is 14.5. The zero-order valence-corrected chi connectivity index (χ0v) is 16.7. The smallest absolute Gasteiger partial charge is 0.373 e. The highest BCUT2D eigenvalue weighted by molar-refractivity contribution is 5.86. The van der Waals surface area contributed by atoms with Gasteiger partial charge in [0.15, 0.2) is 11.2 Å². The minimum absolute atomic E-state index is 0.0130. The number of carbonyl (C=O) groups excluding carboxylic acids is 1. The molecule has 3 aromatic heterocycles. The quantitative estimate of drug-likeness (QED) is 0.335. The van der Waals surface area contributed by atoms with Crippen LogP contribution in [0.15, 0.2) is 63.3 Å². The number of imidazole rings is 1. The van der Waals surface area contributed by atoms with Crippen LogP contribution < -0.4 is 11.2 Å². The van der Waals surface area contributed by atoms with E-state index in [4.69, 9.17) is 4.42 Å². The number of nitrogens with zero attached hydrogens (tertiary/aromatic N) is 4. The van der Waals surface area contributed by atoms with Crippen molar-refractivity contribution in [3.8, 4) is 5.69 Å². The van der Waals surface area contributed by atoms with Gasteiger partial charge in [-0.1, -0.05) is 6.08 Å². The number of benzene rings is 1. The van der Waals surface area contributed by atoms with E-state index in [1.54, 1.807) is 0 Å². The summed E-state index contributed by atoms with van der Waals surface area (Å²) < 4.78 is 41.1. The maximum Gasteiger partial charge on any atom is 0.373 e. The molecule has 0 unspecified atom stereocenters. The Bertz CT molecular complexity index is 1480. The first-order valence-electron chi connectivity index (χ1n) is 9.29. The van der Waals surface area contributed by atoms with Crippen molar-refractivity contribution in [2.24, 2.45) is 0 Å². The number of methoxy groups -OCH3 is 1. The van der Waals surface area contributed by atoms with E-state index in [2.05, 4.69) is 16.3 Å². The standard InChI is InChI=1S/C21H16F2N4O5/c1-3-8-26-19(28)17-18(27(21(26)30)15-6-4-12(22)9-14(15)23)24-11-25(17)10-13-5-7-16(32-13)20(29)31-2/h3-7,9,11H,1,8,10H2,2H3. The van der Waals surface area contributed by atoms with Crippen molar-refractivity contribution >= 4 is 17.1 Å². The molecule has 4 aromatic rings. The molecule has 3 heterocycles. The molecule has 0 N–H and O–H groups in total. The van der Waals surface area contributed by atoms with E-state index in [1.165, 1.54) is 36.2 Å². The molecule has 9 nitrogen and oxygen atoms in total. The second-order valence-electron chi connectivity index (χ2n) is 6.72. The third kappa shape index (κ3) is 3.43. The highest BCUT2D eigenvalue weighted by atomic mass is 19.1. The van der Waals surface area contributed by atoms with Gasteiger partial charge in [-0.2, -0.15) is 0 Å². The summed E-state index contributed by atoms with van der Waals surface area (Å²) >= 11 is 0. The molecule has 0 saturated carbocycles. The van der Waals surface area contributed by atoms with Gasteiger partial charge in [-0.05, 0) is 24.3 Å². The summed E-state index contributed by atoms with van der Waals surface area (Å²) in [6.07, 6.45) is 2.62. The van der Waals surface area contributed by atoms with Gasteiger partial charge in [0.05, 0.1) is 25.7 Å². The normalized spacial score (nSPS) is 11.1. The molecule has 0 radical (unpaired) electrons. The van der Waals surface area contributed by atoms with E-state index in [-0.39, 0.29) is 35.7 Å². The molecule has 0 amide bonds. The van der Waals surface area contributed by atoms with Crippen molar-refractivity contribution in [2.75, 3.05) is 7.11 Å². The van der Waals surface area contributed by atoms with Crippen molar-refractivity contribution in [3.05, 3.63) is 93.3 Å². The molecule has 0 fully saturated rings. The van der Waals surface area contributed by atoms with Crippen LogP contribution >= 0.6 is 0 Å². The molecule has 0 aliphatic heterocycles. The number of ether oxygens (including phenoxy) is 1. The number of hydrogen-bond donors (Lipinski definition) is 0. The highest BCUT2D eigenvalue weighted by Gasteiger charge is 2.21. The Labute approximate surface area is 178 Å². The van der Waals surface area contributed by atoms with Crippen LogP contribution in [0.3, 0.4) is 0 Å². The van der Waals surface area contributed by atoms with Crippen LogP contribution in [-0.4, -0.2) is 31.8 Å². The lowest BCUT2D eigenvalue weighted by molar-refractivity contribution is 0.0563. The molecule has 0 saturated heterocycles. The second kappa shape index (κ2) is 8.10. The summed E-state index contributed by atoms with van der Waals surface area (Å²) in [5.74, 6) is -2.20. The SMILES string of the molecule is C=CCn1c(=O)c2c(ncn2Cc2ccc(C(=O)OC)o2)n(-c2ccc(F)cc2F)c1=O. The van der Waals surface area contributed by atoms with Gasteiger partial charge < -0.3 is 13.7 Å². The number of allylic oxidation sites excluding steroid dienone is 1. The number of furan rings is 1. The maximum atomic E-state index is 14.5. The van der Waals surface area contributed by atoms with Crippen LogP contribution in [0.2, 0.25) is 0 Å². The average Bonchev–Trinajstić information content (AvgIpc) is 3.40. The predicted molar refractivity (Wildman–Crippen MR) is 109 cm³/mol. The van der Waals surface area contributed by atoms with Gasteiger partial charge in [-0.25, -0.2) is 27.9 Å². The number of hydrogen-bond acceptors (Lipinski definition) is 6. The molecule has 164 valence electrons. The molecule has 1 aromatic carbocycles. The van der Waals surface area contributed by atoms with Gasteiger partial charge in [-0.3, -0.25) is 9.36 Å². The summed E-state index contributed by atoms with van der Waals surface area (Å²) in [6.45, 7) is 3.39. The summed E-state index contributed by atoms with van der Waals surface area (Å²) in [6, 6.07) is 5.65. The molecular formula is C21H16F2N4O5. The van der Waals surface area contributed by atoms with Crippen molar-refractivity contribution in [1.29, 1.82) is 0 Å². The monoisotopic (exact) mass is 442 g/mol.